The van der Waals surface area contributed by atoms with E-state index in [0.717, 1.165) is 18.7 Å². The van der Waals surface area contributed by atoms with Crippen LogP contribution in [0.5, 0.6) is 0 Å². The highest BCUT2D eigenvalue weighted by Crippen LogP contribution is 2.23. The zero-order valence-electron chi connectivity index (χ0n) is 10.6. The summed E-state index contributed by atoms with van der Waals surface area (Å²) >= 11 is 0. The molecule has 1 aliphatic rings. The number of amides is 1. The van der Waals surface area contributed by atoms with E-state index >= 15 is 0 Å². The molecule has 6 nitrogen and oxygen atoms in total. The van der Waals surface area contributed by atoms with E-state index in [1.54, 1.807) is 6.92 Å². The smallest absolute Gasteiger partial charge is 0.251 e. The molecule has 0 atom stereocenters. The summed E-state index contributed by atoms with van der Waals surface area (Å²) in [6.07, 6.45) is 1.01. The Morgan fingerprint density at radius 3 is 3.21 bits per heavy atom. The van der Waals surface area contributed by atoms with E-state index in [2.05, 4.69) is 20.8 Å². The molecule has 0 radical (unpaired) electrons. The van der Waals surface area contributed by atoms with Crippen molar-refractivity contribution in [2.24, 2.45) is 0 Å². The average molecular weight is 258 g/mol. The van der Waals surface area contributed by atoms with E-state index in [0.29, 0.717) is 17.3 Å². The molecule has 1 aromatic heterocycles. The van der Waals surface area contributed by atoms with E-state index in [1.807, 2.05) is 18.2 Å². The molecule has 19 heavy (non-hydrogen) atoms. The molecule has 0 aliphatic carbocycles. The topological polar surface area (TPSA) is 80.0 Å². The molecule has 2 heterocycles. The Kier molecular flexibility index (Phi) is 2.91. The lowest BCUT2D eigenvalue weighted by Crippen LogP contribution is -2.23. The molecular formula is C13H14N4O2. The lowest BCUT2D eigenvalue weighted by atomic mass is 10.1. The van der Waals surface area contributed by atoms with Crippen LogP contribution in [0.3, 0.4) is 0 Å². The van der Waals surface area contributed by atoms with Crippen LogP contribution < -0.4 is 10.6 Å². The van der Waals surface area contributed by atoms with Crippen molar-refractivity contribution >= 4 is 11.6 Å². The molecule has 1 aromatic carbocycles. The van der Waals surface area contributed by atoms with E-state index in [-0.39, 0.29) is 12.5 Å². The molecule has 0 saturated heterocycles. The molecule has 2 N–H and O–H groups in total. The maximum atomic E-state index is 12.0. The summed E-state index contributed by atoms with van der Waals surface area (Å²) in [6, 6.07) is 5.69. The molecule has 0 saturated carbocycles. The Labute approximate surface area is 110 Å². The van der Waals surface area contributed by atoms with Gasteiger partial charge in [-0.2, -0.15) is 4.98 Å². The summed E-state index contributed by atoms with van der Waals surface area (Å²) in [7, 11) is 0. The van der Waals surface area contributed by atoms with Gasteiger partial charge in [-0.25, -0.2) is 0 Å². The highest BCUT2D eigenvalue weighted by molar-refractivity contribution is 5.95. The minimum absolute atomic E-state index is 0.146. The second-order valence-electron chi connectivity index (χ2n) is 4.47. The van der Waals surface area contributed by atoms with Crippen molar-refractivity contribution in [2.45, 2.75) is 19.9 Å². The standard InChI is InChI=1S/C13H14N4O2/c1-8-16-12(19-17-8)7-15-13(18)10-3-2-9-4-5-14-11(9)6-10/h2-3,6,14H,4-5,7H2,1H3,(H,15,18). The fraction of sp³-hybridized carbons (Fsp3) is 0.308. The van der Waals surface area contributed by atoms with Crippen LogP contribution in [-0.4, -0.2) is 22.6 Å². The maximum Gasteiger partial charge on any atom is 0.251 e. The number of aryl methyl sites for hydroxylation is 1. The van der Waals surface area contributed by atoms with Crippen molar-refractivity contribution in [3.63, 3.8) is 0 Å². The van der Waals surface area contributed by atoms with Crippen LogP contribution in [0.25, 0.3) is 0 Å². The van der Waals surface area contributed by atoms with Gasteiger partial charge in [0.05, 0.1) is 6.54 Å². The lowest BCUT2D eigenvalue weighted by Gasteiger charge is -2.05. The minimum atomic E-state index is -0.146. The third-order valence-electron chi connectivity index (χ3n) is 3.05. The van der Waals surface area contributed by atoms with Gasteiger partial charge in [0.25, 0.3) is 5.91 Å². The normalized spacial score (nSPS) is 12.9. The highest BCUT2D eigenvalue weighted by atomic mass is 16.5. The number of benzene rings is 1. The Morgan fingerprint density at radius 2 is 2.42 bits per heavy atom. The van der Waals surface area contributed by atoms with Crippen LogP contribution in [0.1, 0.15) is 27.6 Å². The van der Waals surface area contributed by atoms with Gasteiger partial charge in [0.1, 0.15) is 0 Å². The molecule has 3 rings (SSSR count). The number of hydrogen-bond acceptors (Lipinski definition) is 5. The fourth-order valence-corrected chi connectivity index (χ4v) is 2.10. The zero-order chi connectivity index (χ0) is 13.2. The first kappa shape index (κ1) is 11.7. The Morgan fingerprint density at radius 1 is 1.53 bits per heavy atom. The van der Waals surface area contributed by atoms with Gasteiger partial charge in [-0.15, -0.1) is 0 Å². The van der Waals surface area contributed by atoms with Crippen LogP contribution in [0.2, 0.25) is 0 Å². The van der Waals surface area contributed by atoms with Crippen molar-refractivity contribution in [3.8, 4) is 0 Å². The third-order valence-corrected chi connectivity index (χ3v) is 3.05. The number of nitrogens with zero attached hydrogens (tertiary/aromatic N) is 2. The van der Waals surface area contributed by atoms with E-state index < -0.39 is 0 Å². The first-order chi connectivity index (χ1) is 9.22. The summed E-state index contributed by atoms with van der Waals surface area (Å²) in [6.45, 7) is 2.91. The molecule has 0 fully saturated rings. The SMILES string of the molecule is Cc1noc(CNC(=O)c2ccc3c(c2)NCC3)n1. The van der Waals surface area contributed by atoms with Crippen LogP contribution in [-0.2, 0) is 13.0 Å². The molecule has 6 heteroatoms. The molecule has 98 valence electrons. The number of rotatable bonds is 3. The number of anilines is 1. The third kappa shape index (κ3) is 2.42. The zero-order valence-corrected chi connectivity index (χ0v) is 10.6. The average Bonchev–Trinajstić information content (AvgIpc) is 3.03. The van der Waals surface area contributed by atoms with Crippen LogP contribution in [0.15, 0.2) is 22.7 Å². The first-order valence-electron chi connectivity index (χ1n) is 6.16. The second kappa shape index (κ2) is 4.72. The Bertz CT molecular complexity index is 621. The molecule has 2 aromatic rings. The van der Waals surface area contributed by atoms with Gasteiger partial charge in [-0.05, 0) is 31.0 Å². The van der Waals surface area contributed by atoms with E-state index in [4.69, 9.17) is 4.52 Å². The summed E-state index contributed by atoms with van der Waals surface area (Å²) < 4.78 is 4.94. The predicted molar refractivity (Wildman–Crippen MR) is 68.8 cm³/mol. The largest absolute Gasteiger partial charge is 0.384 e. The van der Waals surface area contributed by atoms with Gasteiger partial charge in [-0.1, -0.05) is 11.2 Å². The minimum Gasteiger partial charge on any atom is -0.384 e. The summed E-state index contributed by atoms with van der Waals surface area (Å²) in [5.74, 6) is 0.823. The lowest BCUT2D eigenvalue weighted by molar-refractivity contribution is 0.0946. The fourth-order valence-electron chi connectivity index (χ4n) is 2.10. The van der Waals surface area contributed by atoms with Gasteiger partial charge >= 0.3 is 0 Å². The molecular weight excluding hydrogens is 244 g/mol. The molecule has 0 spiro atoms. The van der Waals surface area contributed by atoms with Gasteiger partial charge in [0, 0.05) is 17.8 Å². The number of carbonyl (C=O) groups is 1. The number of carbonyl (C=O) groups excluding carboxylic acids is 1. The number of hydrogen-bond donors (Lipinski definition) is 2. The number of aromatic nitrogens is 2. The number of nitrogens with one attached hydrogen (secondary N) is 2. The monoisotopic (exact) mass is 258 g/mol. The van der Waals surface area contributed by atoms with Crippen LogP contribution in [0, 0.1) is 6.92 Å². The van der Waals surface area contributed by atoms with Crippen LogP contribution >= 0.6 is 0 Å². The maximum absolute atomic E-state index is 12.0. The van der Waals surface area contributed by atoms with E-state index in [1.165, 1.54) is 5.56 Å². The quantitative estimate of drug-likeness (QED) is 0.866. The predicted octanol–water partition coefficient (Wildman–Crippen LogP) is 1.28. The molecule has 1 amide bonds. The highest BCUT2D eigenvalue weighted by Gasteiger charge is 2.14. The van der Waals surface area contributed by atoms with Crippen molar-refractivity contribution < 1.29 is 9.32 Å². The van der Waals surface area contributed by atoms with Gasteiger partial charge in [-0.3, -0.25) is 4.79 Å². The van der Waals surface area contributed by atoms with Crippen molar-refractivity contribution in [1.82, 2.24) is 15.5 Å². The Hall–Kier alpha value is -2.37. The number of fused-ring (bicyclic) bond motifs is 1. The van der Waals surface area contributed by atoms with E-state index in [9.17, 15) is 4.79 Å². The Balaban J connectivity index is 1.67. The summed E-state index contributed by atoms with van der Waals surface area (Å²) in [5.41, 5.74) is 2.93. The van der Waals surface area contributed by atoms with Crippen molar-refractivity contribution in [1.29, 1.82) is 0 Å². The van der Waals surface area contributed by atoms with Gasteiger partial charge in [0.15, 0.2) is 5.82 Å². The van der Waals surface area contributed by atoms with Gasteiger partial charge in [0.2, 0.25) is 5.89 Å². The molecule has 0 unspecified atom stereocenters. The summed E-state index contributed by atoms with van der Waals surface area (Å²) in [4.78, 5) is 16.0. The molecule has 1 aliphatic heterocycles. The van der Waals surface area contributed by atoms with Gasteiger partial charge < -0.3 is 15.2 Å². The van der Waals surface area contributed by atoms with Crippen molar-refractivity contribution in [2.75, 3.05) is 11.9 Å². The van der Waals surface area contributed by atoms with Crippen molar-refractivity contribution in [3.05, 3.63) is 41.0 Å². The molecule has 0 bridgehead atoms. The first-order valence-corrected chi connectivity index (χ1v) is 6.16. The van der Waals surface area contributed by atoms with Crippen LogP contribution in [0.4, 0.5) is 5.69 Å². The second-order valence-corrected chi connectivity index (χ2v) is 4.47. The summed E-state index contributed by atoms with van der Waals surface area (Å²) in [5, 5.41) is 9.68.